The van der Waals surface area contributed by atoms with Crippen LogP contribution in [0.15, 0.2) is 0 Å². The predicted octanol–water partition coefficient (Wildman–Crippen LogP) is 1.55. The highest BCUT2D eigenvalue weighted by Gasteiger charge is 2.09. The Morgan fingerprint density at radius 3 is 2.75 bits per heavy atom. The van der Waals surface area contributed by atoms with Crippen molar-refractivity contribution in [1.29, 1.82) is 5.26 Å². The van der Waals surface area contributed by atoms with Gasteiger partial charge in [-0.1, -0.05) is 13.3 Å². The Kier molecular flexibility index (Phi) is 2.49. The molecule has 1 rings (SSSR count). The van der Waals surface area contributed by atoms with Crippen LogP contribution in [0.25, 0.3) is 0 Å². The lowest BCUT2D eigenvalue weighted by Gasteiger charge is -1.94. The predicted molar refractivity (Wildman–Crippen MR) is 46.7 cm³/mol. The Hall–Kier alpha value is -1.30. The molecule has 0 radical (unpaired) electrons. The second-order valence-corrected chi connectivity index (χ2v) is 2.88. The molecule has 0 N–H and O–H groups in total. The van der Waals surface area contributed by atoms with Gasteiger partial charge in [-0.3, -0.25) is 0 Å². The summed E-state index contributed by atoms with van der Waals surface area (Å²) in [5.41, 5.74) is 1.63. The first-order valence-electron chi connectivity index (χ1n) is 4.13. The summed E-state index contributed by atoms with van der Waals surface area (Å²) in [6.07, 6.45) is 1.93. The van der Waals surface area contributed by atoms with Gasteiger partial charge in [0.05, 0.1) is 5.69 Å². The van der Waals surface area contributed by atoms with Crippen LogP contribution in [0.5, 0.6) is 0 Å². The average molecular weight is 163 g/mol. The molecule has 0 amide bonds. The zero-order valence-corrected chi connectivity index (χ0v) is 7.76. The Bertz CT molecular complexity index is 317. The number of aryl methyl sites for hydroxylation is 2. The first-order chi connectivity index (χ1) is 5.70. The fourth-order valence-corrected chi connectivity index (χ4v) is 1.23. The van der Waals surface area contributed by atoms with E-state index in [2.05, 4.69) is 18.0 Å². The minimum absolute atomic E-state index is 0.703. The van der Waals surface area contributed by atoms with Gasteiger partial charge in [-0.2, -0.15) is 5.26 Å². The van der Waals surface area contributed by atoms with E-state index in [0.29, 0.717) is 5.69 Å². The van der Waals surface area contributed by atoms with Crippen molar-refractivity contribution >= 4 is 0 Å². The third-order valence-electron chi connectivity index (χ3n) is 1.98. The molecule has 0 spiro atoms. The van der Waals surface area contributed by atoms with Crippen LogP contribution in [-0.2, 0) is 13.5 Å². The molecule has 12 heavy (non-hydrogen) atoms. The molecule has 0 aliphatic carbocycles. The zero-order chi connectivity index (χ0) is 9.14. The number of imidazole rings is 1. The molecule has 64 valence electrons. The van der Waals surface area contributed by atoms with Gasteiger partial charge in [0.25, 0.3) is 0 Å². The first-order valence-corrected chi connectivity index (χ1v) is 4.13. The molecule has 1 aromatic heterocycles. The van der Waals surface area contributed by atoms with Crippen molar-refractivity contribution in [2.45, 2.75) is 26.7 Å². The van der Waals surface area contributed by atoms with Crippen LogP contribution >= 0.6 is 0 Å². The van der Waals surface area contributed by atoms with E-state index in [-0.39, 0.29) is 0 Å². The summed E-state index contributed by atoms with van der Waals surface area (Å²) in [6, 6.07) is 2.17. The third kappa shape index (κ3) is 1.33. The van der Waals surface area contributed by atoms with E-state index >= 15 is 0 Å². The minimum atomic E-state index is 0.703. The van der Waals surface area contributed by atoms with Crippen LogP contribution in [0.2, 0.25) is 0 Å². The van der Waals surface area contributed by atoms with Gasteiger partial charge in [0.1, 0.15) is 17.6 Å². The highest BCUT2D eigenvalue weighted by molar-refractivity contribution is 5.29. The number of hydrogen-bond acceptors (Lipinski definition) is 2. The summed E-state index contributed by atoms with van der Waals surface area (Å²) in [7, 11) is 1.88. The molecule has 3 heteroatoms. The van der Waals surface area contributed by atoms with Crippen molar-refractivity contribution in [2.24, 2.45) is 7.05 Å². The number of nitrogens with zero attached hydrogens (tertiary/aromatic N) is 3. The van der Waals surface area contributed by atoms with Gasteiger partial charge >= 0.3 is 0 Å². The number of rotatable bonds is 2. The van der Waals surface area contributed by atoms with Gasteiger partial charge in [0, 0.05) is 7.05 Å². The first kappa shape index (κ1) is 8.79. The lowest BCUT2D eigenvalue weighted by molar-refractivity contribution is 0.843. The van der Waals surface area contributed by atoms with E-state index in [0.717, 1.165) is 24.4 Å². The van der Waals surface area contributed by atoms with Crippen LogP contribution in [-0.4, -0.2) is 9.55 Å². The monoisotopic (exact) mass is 163 g/mol. The van der Waals surface area contributed by atoms with Crippen molar-refractivity contribution < 1.29 is 0 Å². The van der Waals surface area contributed by atoms with Crippen molar-refractivity contribution in [2.75, 3.05) is 0 Å². The summed E-state index contributed by atoms with van der Waals surface area (Å²) in [5.74, 6) is 0.912. The molecule has 0 aliphatic heterocycles. The highest BCUT2D eigenvalue weighted by Crippen LogP contribution is 2.10. The quantitative estimate of drug-likeness (QED) is 0.663. The van der Waals surface area contributed by atoms with Crippen molar-refractivity contribution in [3.63, 3.8) is 0 Å². The van der Waals surface area contributed by atoms with E-state index in [4.69, 9.17) is 5.26 Å². The SMILES string of the molecule is CCCc1nc(C)n(C)c1C#N. The maximum absolute atomic E-state index is 8.83. The summed E-state index contributed by atoms with van der Waals surface area (Å²) in [4.78, 5) is 4.31. The van der Waals surface area contributed by atoms with Gasteiger partial charge in [-0.05, 0) is 13.3 Å². The lowest BCUT2D eigenvalue weighted by Crippen LogP contribution is -1.95. The fourth-order valence-electron chi connectivity index (χ4n) is 1.23. The highest BCUT2D eigenvalue weighted by atomic mass is 15.1. The molecule has 3 nitrogen and oxygen atoms in total. The Balaban J connectivity index is 3.13. The summed E-state index contributed by atoms with van der Waals surface area (Å²) in [6.45, 7) is 4.01. The molecule has 0 bridgehead atoms. The minimum Gasteiger partial charge on any atom is -0.323 e. The topological polar surface area (TPSA) is 41.6 Å². The van der Waals surface area contributed by atoms with Gasteiger partial charge in [0.2, 0.25) is 0 Å². The molecule has 0 atom stereocenters. The number of aromatic nitrogens is 2. The second kappa shape index (κ2) is 3.40. The summed E-state index contributed by atoms with van der Waals surface area (Å²) < 4.78 is 1.84. The molecule has 0 unspecified atom stereocenters. The molecule has 1 aromatic rings. The van der Waals surface area contributed by atoms with E-state index in [1.54, 1.807) is 0 Å². The molecule has 0 saturated carbocycles. The van der Waals surface area contributed by atoms with Crippen molar-refractivity contribution in [3.8, 4) is 6.07 Å². The normalized spacial score (nSPS) is 9.83. The largest absolute Gasteiger partial charge is 0.323 e. The van der Waals surface area contributed by atoms with Gasteiger partial charge < -0.3 is 4.57 Å². The Morgan fingerprint density at radius 2 is 2.25 bits per heavy atom. The van der Waals surface area contributed by atoms with Crippen molar-refractivity contribution in [1.82, 2.24) is 9.55 Å². The maximum Gasteiger partial charge on any atom is 0.143 e. The molecule has 0 aliphatic rings. The molecule has 1 heterocycles. The van der Waals surface area contributed by atoms with Crippen LogP contribution in [0.4, 0.5) is 0 Å². The summed E-state index contributed by atoms with van der Waals surface area (Å²) in [5, 5.41) is 8.83. The zero-order valence-electron chi connectivity index (χ0n) is 7.76. The van der Waals surface area contributed by atoms with Gasteiger partial charge in [-0.15, -0.1) is 0 Å². The standard InChI is InChI=1S/C9H13N3/c1-4-5-8-9(6-10)12(3)7(2)11-8/h4-5H2,1-3H3. The van der Waals surface area contributed by atoms with Gasteiger partial charge in [-0.25, -0.2) is 4.98 Å². The Labute approximate surface area is 72.7 Å². The van der Waals surface area contributed by atoms with Crippen molar-refractivity contribution in [3.05, 3.63) is 17.2 Å². The molecular weight excluding hydrogens is 150 g/mol. The Morgan fingerprint density at radius 1 is 1.58 bits per heavy atom. The maximum atomic E-state index is 8.83. The summed E-state index contributed by atoms with van der Waals surface area (Å²) >= 11 is 0. The van der Waals surface area contributed by atoms with E-state index in [1.165, 1.54) is 0 Å². The average Bonchev–Trinajstić information content (AvgIpc) is 2.29. The number of nitriles is 1. The van der Waals surface area contributed by atoms with E-state index < -0.39 is 0 Å². The van der Waals surface area contributed by atoms with Crippen LogP contribution in [0.3, 0.4) is 0 Å². The van der Waals surface area contributed by atoms with Crippen LogP contribution in [0.1, 0.15) is 30.6 Å². The van der Waals surface area contributed by atoms with Crippen LogP contribution in [0, 0.1) is 18.3 Å². The third-order valence-corrected chi connectivity index (χ3v) is 1.98. The van der Waals surface area contributed by atoms with E-state index in [1.807, 2.05) is 18.5 Å². The lowest BCUT2D eigenvalue weighted by atomic mass is 10.2. The van der Waals surface area contributed by atoms with Gasteiger partial charge in [0.15, 0.2) is 0 Å². The van der Waals surface area contributed by atoms with Crippen LogP contribution < -0.4 is 0 Å². The fraction of sp³-hybridized carbons (Fsp3) is 0.556. The molecule has 0 aromatic carbocycles. The smallest absolute Gasteiger partial charge is 0.143 e. The molecule has 0 saturated heterocycles. The molecular formula is C9H13N3. The second-order valence-electron chi connectivity index (χ2n) is 2.88. The van der Waals surface area contributed by atoms with E-state index in [9.17, 15) is 0 Å². The molecule has 0 fully saturated rings. The number of hydrogen-bond donors (Lipinski definition) is 0.